The zero-order chi connectivity index (χ0) is 16.8. The van der Waals surface area contributed by atoms with E-state index in [-0.39, 0.29) is 17.9 Å². The third kappa shape index (κ3) is 4.68. The van der Waals surface area contributed by atoms with Crippen LogP contribution in [0.5, 0.6) is 11.6 Å². The summed E-state index contributed by atoms with van der Waals surface area (Å²) in [6.07, 6.45) is 7.19. The first-order valence-corrected chi connectivity index (χ1v) is 8.16. The molecule has 0 aliphatic heterocycles. The molecule has 2 aromatic rings. The van der Waals surface area contributed by atoms with Crippen LogP contribution in [0.4, 0.5) is 14.9 Å². The number of pyridine rings is 1. The Kier molecular flexibility index (Phi) is 5.25. The minimum Gasteiger partial charge on any atom is -0.439 e. The van der Waals surface area contributed by atoms with Crippen molar-refractivity contribution in [2.75, 3.05) is 5.32 Å². The van der Waals surface area contributed by atoms with Crippen molar-refractivity contribution in [1.82, 2.24) is 10.3 Å². The van der Waals surface area contributed by atoms with E-state index < -0.39 is 0 Å². The number of nitrogens with one attached hydrogen (secondary N) is 2. The van der Waals surface area contributed by atoms with Gasteiger partial charge in [0.15, 0.2) is 0 Å². The van der Waals surface area contributed by atoms with E-state index in [0.717, 1.165) is 12.8 Å². The lowest BCUT2D eigenvalue weighted by atomic mass is 9.96. The second kappa shape index (κ2) is 7.77. The van der Waals surface area contributed by atoms with E-state index in [1.165, 1.54) is 49.7 Å². The summed E-state index contributed by atoms with van der Waals surface area (Å²) in [5.41, 5.74) is 0.592. The third-order valence-corrected chi connectivity index (χ3v) is 3.97. The smallest absolute Gasteiger partial charge is 0.319 e. The van der Waals surface area contributed by atoms with Gasteiger partial charge in [-0.2, -0.15) is 0 Å². The van der Waals surface area contributed by atoms with Gasteiger partial charge >= 0.3 is 6.03 Å². The standard InChI is InChI=1S/C18H20FN3O2/c19-13-6-9-16(10-7-13)24-17-11-8-15(12-20-17)22-18(23)21-14-4-2-1-3-5-14/h6-12,14H,1-5H2,(H2,21,22,23). The van der Waals surface area contributed by atoms with E-state index >= 15 is 0 Å². The Labute approximate surface area is 140 Å². The number of aromatic nitrogens is 1. The molecule has 2 amide bonds. The molecule has 0 bridgehead atoms. The molecule has 24 heavy (non-hydrogen) atoms. The first-order chi connectivity index (χ1) is 11.7. The number of halogens is 1. The zero-order valence-electron chi connectivity index (χ0n) is 13.3. The van der Waals surface area contributed by atoms with Crippen LogP contribution >= 0.6 is 0 Å². The van der Waals surface area contributed by atoms with Crippen LogP contribution in [-0.2, 0) is 0 Å². The first-order valence-electron chi connectivity index (χ1n) is 8.16. The number of anilines is 1. The van der Waals surface area contributed by atoms with Gasteiger partial charge in [0.2, 0.25) is 5.88 Å². The highest BCUT2D eigenvalue weighted by Crippen LogP contribution is 2.21. The molecule has 0 unspecified atom stereocenters. The second-order valence-electron chi connectivity index (χ2n) is 5.87. The average molecular weight is 329 g/mol. The number of amides is 2. The maximum atomic E-state index is 12.9. The Morgan fingerprint density at radius 2 is 1.83 bits per heavy atom. The molecule has 1 aliphatic carbocycles. The lowest BCUT2D eigenvalue weighted by Gasteiger charge is -2.22. The number of carbonyl (C=O) groups excluding carboxylic acids is 1. The summed E-state index contributed by atoms with van der Waals surface area (Å²) in [7, 11) is 0. The Balaban J connectivity index is 1.52. The molecule has 0 atom stereocenters. The fourth-order valence-corrected chi connectivity index (χ4v) is 2.74. The lowest BCUT2D eigenvalue weighted by Crippen LogP contribution is -2.39. The molecule has 1 aromatic carbocycles. The highest BCUT2D eigenvalue weighted by Gasteiger charge is 2.15. The minimum absolute atomic E-state index is 0.212. The van der Waals surface area contributed by atoms with Crippen molar-refractivity contribution in [3.8, 4) is 11.6 Å². The van der Waals surface area contributed by atoms with Crippen LogP contribution in [0.1, 0.15) is 32.1 Å². The number of nitrogens with zero attached hydrogens (tertiary/aromatic N) is 1. The van der Waals surface area contributed by atoms with Crippen molar-refractivity contribution in [2.24, 2.45) is 0 Å². The van der Waals surface area contributed by atoms with Gasteiger partial charge < -0.3 is 15.4 Å². The van der Waals surface area contributed by atoms with E-state index in [1.807, 2.05) is 0 Å². The minimum atomic E-state index is -0.321. The van der Waals surface area contributed by atoms with E-state index in [1.54, 1.807) is 12.1 Å². The quantitative estimate of drug-likeness (QED) is 0.870. The van der Waals surface area contributed by atoms with Gasteiger partial charge in [-0.15, -0.1) is 0 Å². The highest BCUT2D eigenvalue weighted by molar-refractivity contribution is 5.89. The molecule has 3 rings (SSSR count). The summed E-state index contributed by atoms with van der Waals surface area (Å²) in [6.45, 7) is 0. The number of hydrogen-bond acceptors (Lipinski definition) is 3. The van der Waals surface area contributed by atoms with Crippen LogP contribution in [0.3, 0.4) is 0 Å². The molecule has 1 saturated carbocycles. The van der Waals surface area contributed by atoms with Crippen molar-refractivity contribution in [3.05, 3.63) is 48.4 Å². The van der Waals surface area contributed by atoms with E-state index in [9.17, 15) is 9.18 Å². The van der Waals surface area contributed by atoms with Gasteiger partial charge in [0, 0.05) is 12.1 Å². The van der Waals surface area contributed by atoms with Crippen molar-refractivity contribution in [1.29, 1.82) is 0 Å². The van der Waals surface area contributed by atoms with Crippen molar-refractivity contribution >= 4 is 11.7 Å². The second-order valence-corrected chi connectivity index (χ2v) is 5.87. The Bertz CT molecular complexity index is 668. The molecule has 0 saturated heterocycles. The maximum Gasteiger partial charge on any atom is 0.319 e. The van der Waals surface area contributed by atoms with E-state index in [4.69, 9.17) is 4.74 Å². The molecule has 1 aliphatic rings. The molecule has 1 fully saturated rings. The Morgan fingerprint density at radius 3 is 2.50 bits per heavy atom. The largest absolute Gasteiger partial charge is 0.439 e. The zero-order valence-corrected chi connectivity index (χ0v) is 13.3. The normalized spacial score (nSPS) is 14.9. The Morgan fingerprint density at radius 1 is 1.08 bits per heavy atom. The molecule has 2 N–H and O–H groups in total. The van der Waals surface area contributed by atoms with Crippen LogP contribution in [0, 0.1) is 5.82 Å². The fourth-order valence-electron chi connectivity index (χ4n) is 2.74. The molecule has 1 aromatic heterocycles. The summed E-state index contributed by atoms with van der Waals surface area (Å²) < 4.78 is 18.4. The summed E-state index contributed by atoms with van der Waals surface area (Å²) in [5, 5.41) is 5.75. The van der Waals surface area contributed by atoms with Gasteiger partial charge in [-0.3, -0.25) is 0 Å². The van der Waals surface area contributed by atoms with Gasteiger partial charge in [0.25, 0.3) is 0 Å². The number of ether oxygens (including phenoxy) is 1. The van der Waals surface area contributed by atoms with E-state index in [0.29, 0.717) is 17.3 Å². The van der Waals surface area contributed by atoms with E-state index in [2.05, 4.69) is 15.6 Å². The predicted molar refractivity (Wildman–Crippen MR) is 89.7 cm³/mol. The number of rotatable bonds is 4. The SMILES string of the molecule is O=C(Nc1ccc(Oc2ccc(F)cc2)nc1)NC1CCCCC1. The monoisotopic (exact) mass is 329 g/mol. The molecule has 5 nitrogen and oxygen atoms in total. The highest BCUT2D eigenvalue weighted by atomic mass is 19.1. The van der Waals surface area contributed by atoms with Crippen LogP contribution in [0.2, 0.25) is 0 Å². The predicted octanol–water partition coefficient (Wildman–Crippen LogP) is 4.47. The molecular formula is C18H20FN3O2. The lowest BCUT2D eigenvalue weighted by molar-refractivity contribution is 0.244. The summed E-state index contributed by atoms with van der Waals surface area (Å²) >= 11 is 0. The van der Waals surface area contributed by atoms with Crippen LogP contribution < -0.4 is 15.4 Å². The third-order valence-electron chi connectivity index (χ3n) is 3.97. The molecular weight excluding hydrogens is 309 g/mol. The van der Waals surface area contributed by atoms with Gasteiger partial charge in [-0.1, -0.05) is 19.3 Å². The van der Waals surface area contributed by atoms with Crippen molar-refractivity contribution < 1.29 is 13.9 Å². The Hall–Kier alpha value is -2.63. The van der Waals surface area contributed by atoms with Crippen LogP contribution in [0.15, 0.2) is 42.6 Å². The number of benzene rings is 1. The number of carbonyl (C=O) groups is 1. The van der Waals surface area contributed by atoms with Gasteiger partial charge in [-0.05, 0) is 43.2 Å². The molecule has 1 heterocycles. The molecule has 126 valence electrons. The van der Waals surface area contributed by atoms with Crippen molar-refractivity contribution in [2.45, 2.75) is 38.1 Å². The summed E-state index contributed by atoms with van der Waals surface area (Å²) in [4.78, 5) is 16.1. The molecule has 0 radical (unpaired) electrons. The average Bonchev–Trinajstić information content (AvgIpc) is 2.59. The van der Waals surface area contributed by atoms with Crippen LogP contribution in [0.25, 0.3) is 0 Å². The maximum absolute atomic E-state index is 12.9. The number of urea groups is 1. The first kappa shape index (κ1) is 16.2. The topological polar surface area (TPSA) is 63.2 Å². The molecule has 0 spiro atoms. The summed E-state index contributed by atoms with van der Waals surface area (Å²) in [5.74, 6) is 0.554. The molecule has 6 heteroatoms. The number of hydrogen-bond donors (Lipinski definition) is 2. The van der Waals surface area contributed by atoms with Gasteiger partial charge in [-0.25, -0.2) is 14.2 Å². The van der Waals surface area contributed by atoms with Gasteiger partial charge in [0.1, 0.15) is 11.6 Å². The fraction of sp³-hybridized carbons (Fsp3) is 0.333. The summed E-state index contributed by atoms with van der Waals surface area (Å²) in [6, 6.07) is 9.11. The van der Waals surface area contributed by atoms with Crippen LogP contribution in [-0.4, -0.2) is 17.1 Å². The van der Waals surface area contributed by atoms with Crippen molar-refractivity contribution in [3.63, 3.8) is 0 Å². The van der Waals surface area contributed by atoms with Gasteiger partial charge in [0.05, 0.1) is 11.9 Å².